The van der Waals surface area contributed by atoms with E-state index in [0.29, 0.717) is 54.5 Å². The Hall–Kier alpha value is -4.44. The molecule has 1 aromatic carbocycles. The van der Waals surface area contributed by atoms with Crippen LogP contribution in [0.5, 0.6) is 6.01 Å². The summed E-state index contributed by atoms with van der Waals surface area (Å²) in [4.78, 5) is 76.2. The molecule has 17 heteroatoms. The number of nitrogens with zero attached hydrogens (tertiary/aromatic N) is 3. The number of sulfonamides is 1. The van der Waals surface area contributed by atoms with Gasteiger partial charge in [0.1, 0.15) is 29.3 Å². The van der Waals surface area contributed by atoms with Crippen LogP contribution in [0.25, 0.3) is 10.9 Å². The summed E-state index contributed by atoms with van der Waals surface area (Å²) in [5.41, 5.74) is -2.32. The van der Waals surface area contributed by atoms with E-state index in [2.05, 4.69) is 26.9 Å². The number of allylic oxidation sites excluding steroid dienone is 2. The second-order valence-electron chi connectivity index (χ2n) is 16.5. The van der Waals surface area contributed by atoms with E-state index in [1.807, 2.05) is 19.1 Å². The zero-order valence-corrected chi connectivity index (χ0v) is 32.8. The number of carbonyl (C=O) groups excluding carboxylic acids is 4. The molecule has 56 heavy (non-hydrogen) atoms. The van der Waals surface area contributed by atoms with Gasteiger partial charge in [0.05, 0.1) is 22.7 Å². The first-order valence-corrected chi connectivity index (χ1v) is 21.5. The topological polar surface area (TPSA) is 195 Å². The number of nitrogens with one attached hydrogen (secondary N) is 3. The summed E-state index contributed by atoms with van der Waals surface area (Å²) in [6.45, 7) is 5.68. The van der Waals surface area contributed by atoms with Gasteiger partial charge in [0.25, 0.3) is 17.5 Å². The first kappa shape index (κ1) is 38.4. The number of fused-ring (bicyclic) bond motifs is 5. The van der Waals surface area contributed by atoms with E-state index >= 15 is 0 Å². The van der Waals surface area contributed by atoms with E-state index in [1.54, 1.807) is 18.2 Å². The van der Waals surface area contributed by atoms with Gasteiger partial charge in [-0.3, -0.25) is 28.5 Å². The smallest absolute Gasteiger partial charge is 0.408 e. The van der Waals surface area contributed by atoms with E-state index in [1.165, 1.54) is 15.5 Å². The Morgan fingerprint density at radius 3 is 2.57 bits per heavy atom. The minimum absolute atomic E-state index is 0.0205. The summed E-state index contributed by atoms with van der Waals surface area (Å²) in [5, 5.41) is 5.72. The fraction of sp³-hybridized carbons (Fsp3) is 0.590. The molecule has 4 amide bonds. The van der Waals surface area contributed by atoms with Crippen molar-refractivity contribution < 1.29 is 37.1 Å². The lowest BCUT2D eigenvalue weighted by molar-refractivity contribution is -0.142. The molecule has 2 aromatic rings. The monoisotopic (exact) mass is 810 g/mol. The molecule has 5 fully saturated rings. The van der Waals surface area contributed by atoms with Gasteiger partial charge in [-0.1, -0.05) is 42.7 Å². The highest BCUT2D eigenvalue weighted by Crippen LogP contribution is 2.50. The van der Waals surface area contributed by atoms with Gasteiger partial charge in [-0.2, -0.15) is 4.98 Å². The van der Waals surface area contributed by atoms with E-state index < -0.39 is 74.3 Å². The minimum Gasteiger partial charge on any atom is -0.459 e. The van der Waals surface area contributed by atoms with Gasteiger partial charge < -0.3 is 25.0 Å². The van der Waals surface area contributed by atoms with Crippen LogP contribution in [0.1, 0.15) is 77.6 Å². The molecule has 3 heterocycles. The van der Waals surface area contributed by atoms with Crippen LogP contribution in [0.2, 0.25) is 5.02 Å². The maximum atomic E-state index is 14.8. The molecule has 1 unspecified atom stereocenters. The summed E-state index contributed by atoms with van der Waals surface area (Å²) in [7, 11) is -3.93. The average molecular weight is 811 g/mol. The van der Waals surface area contributed by atoms with Crippen molar-refractivity contribution in [2.24, 2.45) is 17.8 Å². The lowest BCUT2D eigenvalue weighted by Crippen LogP contribution is -2.59. The highest BCUT2D eigenvalue weighted by atomic mass is 35.5. The zero-order chi connectivity index (χ0) is 39.6. The summed E-state index contributed by atoms with van der Waals surface area (Å²) < 4.78 is 41.5. The number of carbonyl (C=O) groups is 4. The molecule has 4 saturated carbocycles. The standard InChI is InChI=1S/C39H47ClN6O9S/c1-3-23-20-39(23,35(50)44-56(52,53)27-13-14-27)43-32(47)30-18-26-21-46(30)34(49)31(22-9-6-7-10-22)42-37(51)55-38(2)19-24(38)11-5-4-8-16-45-33(48)28-15-12-25(40)17-29(28)41-36(45)54-26/h3-4,8,12,15,17,22-24,26-27,30-31H,1,5-7,9-11,13-14,16,18-21H2,2H3,(H,42,51)(H,43,47)(H,44,50)/b8-4+/t23?,24-,26-,30+,31+,38-,39-/m1/s1. The van der Waals surface area contributed by atoms with Crippen LogP contribution >= 0.6 is 11.6 Å². The molecule has 1 saturated heterocycles. The Labute approximate surface area is 329 Å². The largest absolute Gasteiger partial charge is 0.459 e. The molecule has 300 valence electrons. The zero-order valence-electron chi connectivity index (χ0n) is 31.2. The average Bonchev–Trinajstić information content (AvgIpc) is 4.10. The predicted octanol–water partition coefficient (Wildman–Crippen LogP) is 3.48. The predicted molar refractivity (Wildman–Crippen MR) is 205 cm³/mol. The highest BCUT2D eigenvalue weighted by Gasteiger charge is 2.62. The van der Waals surface area contributed by atoms with E-state index in [-0.39, 0.29) is 49.3 Å². The van der Waals surface area contributed by atoms with E-state index in [9.17, 15) is 32.4 Å². The molecular formula is C39H47ClN6O9S. The molecule has 2 bridgehead atoms. The van der Waals surface area contributed by atoms with Gasteiger partial charge in [0.15, 0.2) is 0 Å². The quantitative estimate of drug-likeness (QED) is 0.349. The third-order valence-corrected chi connectivity index (χ3v) is 14.5. The second kappa shape index (κ2) is 14.5. The van der Waals surface area contributed by atoms with Crippen LogP contribution in [0.4, 0.5) is 4.79 Å². The number of alkyl carbamates (subject to hydrolysis) is 1. The van der Waals surface area contributed by atoms with Crippen LogP contribution in [-0.4, -0.2) is 87.8 Å². The van der Waals surface area contributed by atoms with Crippen LogP contribution in [0.15, 0.2) is 47.8 Å². The molecule has 2 aliphatic heterocycles. The maximum absolute atomic E-state index is 14.8. The fourth-order valence-electron chi connectivity index (χ4n) is 8.74. The molecule has 6 aliphatic rings. The van der Waals surface area contributed by atoms with Crippen molar-refractivity contribution in [3.8, 4) is 6.01 Å². The normalized spacial score (nSPS) is 32.8. The maximum Gasteiger partial charge on any atom is 0.408 e. The number of halogens is 1. The Bertz CT molecular complexity index is 2190. The van der Waals surface area contributed by atoms with Gasteiger partial charge in [-0.05, 0) is 82.4 Å². The summed E-state index contributed by atoms with van der Waals surface area (Å²) >= 11 is 6.28. The summed E-state index contributed by atoms with van der Waals surface area (Å²) in [6.07, 6.45) is 9.91. The van der Waals surface area contributed by atoms with Gasteiger partial charge in [-0.25, -0.2) is 13.2 Å². The van der Waals surface area contributed by atoms with Crippen molar-refractivity contribution in [2.45, 2.75) is 119 Å². The number of hydrogen-bond acceptors (Lipinski definition) is 10. The van der Waals surface area contributed by atoms with Crippen molar-refractivity contribution in [1.29, 1.82) is 0 Å². The Balaban J connectivity index is 1.15. The van der Waals surface area contributed by atoms with E-state index in [4.69, 9.17) is 21.1 Å². The minimum atomic E-state index is -3.93. The molecule has 0 radical (unpaired) electrons. The van der Waals surface area contributed by atoms with E-state index in [0.717, 1.165) is 19.3 Å². The number of aromatic nitrogens is 2. The SMILES string of the molecule is C=CC1C[C@]1(NC(=O)[C@@H]1C[C@@H]2CN1C(=O)[C@H](C1CCCC1)NC(=O)O[C@]1(C)C[C@H]1CC/C=C/Cn1c(nc3cc(Cl)ccc3c1=O)O2)C(=O)NS(=O)(=O)C1CC1. The third kappa shape index (κ3) is 7.41. The van der Waals surface area contributed by atoms with Crippen LogP contribution in [0.3, 0.4) is 0 Å². The van der Waals surface area contributed by atoms with Crippen LogP contribution in [-0.2, 0) is 35.7 Å². The Kier molecular flexibility index (Phi) is 9.95. The van der Waals surface area contributed by atoms with Crippen molar-refractivity contribution in [3.05, 3.63) is 58.4 Å². The number of hydrogen-bond donors (Lipinski definition) is 3. The van der Waals surface area contributed by atoms with Gasteiger partial charge in [0, 0.05) is 29.8 Å². The van der Waals surface area contributed by atoms with Gasteiger partial charge in [0.2, 0.25) is 21.8 Å². The van der Waals surface area contributed by atoms with Crippen molar-refractivity contribution in [1.82, 2.24) is 29.8 Å². The molecule has 4 aliphatic carbocycles. The summed E-state index contributed by atoms with van der Waals surface area (Å²) in [6, 6.07) is 2.55. The first-order chi connectivity index (χ1) is 26.7. The first-order valence-electron chi connectivity index (χ1n) is 19.5. The lowest BCUT2D eigenvalue weighted by atomic mass is 9.96. The van der Waals surface area contributed by atoms with Crippen LogP contribution < -0.4 is 25.7 Å². The molecule has 8 rings (SSSR count). The highest BCUT2D eigenvalue weighted by molar-refractivity contribution is 7.91. The molecule has 7 atom stereocenters. The fourth-order valence-corrected chi connectivity index (χ4v) is 10.3. The third-order valence-electron chi connectivity index (χ3n) is 12.5. The molecular weight excluding hydrogens is 764 g/mol. The summed E-state index contributed by atoms with van der Waals surface area (Å²) in [5.74, 6) is -2.72. The molecule has 1 aromatic heterocycles. The van der Waals surface area contributed by atoms with Crippen molar-refractivity contribution in [2.75, 3.05) is 6.54 Å². The van der Waals surface area contributed by atoms with Crippen LogP contribution in [0, 0.1) is 17.8 Å². The lowest BCUT2D eigenvalue weighted by Gasteiger charge is -2.32. The van der Waals surface area contributed by atoms with Gasteiger partial charge >= 0.3 is 6.09 Å². The van der Waals surface area contributed by atoms with Crippen molar-refractivity contribution >= 4 is 56.3 Å². The molecule has 0 spiro atoms. The van der Waals surface area contributed by atoms with Gasteiger partial charge in [-0.15, -0.1) is 6.58 Å². The Morgan fingerprint density at radius 2 is 1.86 bits per heavy atom. The number of rotatable bonds is 7. The Morgan fingerprint density at radius 1 is 1.09 bits per heavy atom. The number of ether oxygens (including phenoxy) is 2. The molecule has 15 nitrogen and oxygen atoms in total. The number of amides is 4. The van der Waals surface area contributed by atoms with Crippen molar-refractivity contribution in [3.63, 3.8) is 0 Å². The number of benzene rings is 1. The molecule has 3 N–H and O–H groups in total. The second-order valence-corrected chi connectivity index (χ2v) is 18.9.